The van der Waals surface area contributed by atoms with E-state index in [-0.39, 0.29) is 6.42 Å². The van der Waals surface area contributed by atoms with Crippen LogP contribution in [-0.2, 0) is 49.4 Å². The Hall–Kier alpha value is -3.96. The van der Waals surface area contributed by atoms with Crippen molar-refractivity contribution >= 4 is 35.6 Å². The standard InChI is InChI=1S/C33H49N3O9/c1-11-19(3)26-32(41)44-22(6)28(37)34(8)21(5)31(40)43-23(7)29(38)35(9)27(20(4)12-2)33(42)45-25(30(39)36(26)10)18-24-16-14-13-15-17-24/h13-17,19-23,25-27H,11-12,18H2,1-10H3/t19-,20-,21+,22-,23-,25-,26+,27+/m1/s1. The molecule has 0 spiro atoms. The van der Waals surface area contributed by atoms with Gasteiger partial charge in [0.2, 0.25) is 0 Å². The van der Waals surface area contributed by atoms with Gasteiger partial charge >= 0.3 is 17.9 Å². The van der Waals surface area contributed by atoms with E-state index < -0.39 is 83.9 Å². The first-order valence-electron chi connectivity index (χ1n) is 15.5. The first kappa shape index (κ1) is 37.2. The van der Waals surface area contributed by atoms with Crippen molar-refractivity contribution in [2.24, 2.45) is 11.8 Å². The van der Waals surface area contributed by atoms with Crippen molar-refractivity contribution in [3.8, 4) is 0 Å². The van der Waals surface area contributed by atoms with Crippen molar-refractivity contribution in [2.75, 3.05) is 21.1 Å². The molecule has 0 saturated carbocycles. The molecule has 1 heterocycles. The van der Waals surface area contributed by atoms with Crippen LogP contribution in [0.15, 0.2) is 30.3 Å². The molecule has 45 heavy (non-hydrogen) atoms. The fourth-order valence-electron chi connectivity index (χ4n) is 5.25. The summed E-state index contributed by atoms with van der Waals surface area (Å²) in [6.07, 6.45) is -2.95. The summed E-state index contributed by atoms with van der Waals surface area (Å²) in [7, 11) is 4.21. The molecule has 0 aliphatic carbocycles. The Labute approximate surface area is 266 Å². The highest BCUT2D eigenvalue weighted by atomic mass is 16.6. The summed E-state index contributed by atoms with van der Waals surface area (Å²) in [5.41, 5.74) is 0.711. The maximum absolute atomic E-state index is 14.1. The number of carbonyl (C=O) groups excluding carboxylic acids is 6. The zero-order valence-electron chi connectivity index (χ0n) is 28.1. The Kier molecular flexibility index (Phi) is 13.6. The third-order valence-electron chi connectivity index (χ3n) is 8.73. The van der Waals surface area contributed by atoms with Crippen LogP contribution in [-0.4, -0.2) is 108 Å². The van der Waals surface area contributed by atoms with Crippen LogP contribution < -0.4 is 0 Å². The van der Waals surface area contributed by atoms with E-state index in [0.29, 0.717) is 18.4 Å². The van der Waals surface area contributed by atoms with Crippen molar-refractivity contribution < 1.29 is 43.0 Å². The van der Waals surface area contributed by atoms with Gasteiger partial charge in [0.1, 0.15) is 18.1 Å². The summed E-state index contributed by atoms with van der Waals surface area (Å²) in [5.74, 6) is -5.23. The molecule has 0 bridgehead atoms. The maximum Gasteiger partial charge on any atom is 0.329 e. The highest BCUT2D eigenvalue weighted by molar-refractivity contribution is 5.93. The molecular formula is C33H49N3O9. The van der Waals surface area contributed by atoms with Gasteiger partial charge in [-0.3, -0.25) is 14.4 Å². The van der Waals surface area contributed by atoms with Crippen LogP contribution in [0.25, 0.3) is 0 Å². The minimum absolute atomic E-state index is 0.00843. The number of hydrogen-bond acceptors (Lipinski definition) is 9. The van der Waals surface area contributed by atoms with E-state index >= 15 is 0 Å². The van der Waals surface area contributed by atoms with Crippen molar-refractivity contribution in [1.29, 1.82) is 0 Å². The van der Waals surface area contributed by atoms with E-state index in [9.17, 15) is 28.8 Å². The first-order chi connectivity index (χ1) is 21.1. The molecule has 1 saturated heterocycles. The zero-order valence-corrected chi connectivity index (χ0v) is 28.1. The van der Waals surface area contributed by atoms with Crippen LogP contribution in [0.3, 0.4) is 0 Å². The lowest BCUT2D eigenvalue weighted by molar-refractivity contribution is -0.177. The van der Waals surface area contributed by atoms with Crippen molar-refractivity contribution in [3.63, 3.8) is 0 Å². The normalized spacial score (nSPS) is 28.1. The third kappa shape index (κ3) is 9.04. The molecule has 12 heteroatoms. The fraction of sp³-hybridized carbons (Fsp3) is 0.636. The lowest BCUT2D eigenvalue weighted by atomic mass is 9.96. The van der Waals surface area contributed by atoms with E-state index in [0.717, 1.165) is 4.90 Å². The van der Waals surface area contributed by atoms with Crippen molar-refractivity contribution in [2.45, 2.75) is 104 Å². The van der Waals surface area contributed by atoms with E-state index in [2.05, 4.69) is 0 Å². The molecule has 0 radical (unpaired) electrons. The zero-order chi connectivity index (χ0) is 34.2. The molecule has 1 fully saturated rings. The van der Waals surface area contributed by atoms with Gasteiger partial charge in [-0.1, -0.05) is 70.9 Å². The molecule has 1 aromatic carbocycles. The average Bonchev–Trinajstić information content (AvgIpc) is 3.02. The van der Waals surface area contributed by atoms with Crippen molar-refractivity contribution in [3.05, 3.63) is 35.9 Å². The van der Waals surface area contributed by atoms with E-state index in [1.165, 1.54) is 51.7 Å². The molecule has 250 valence electrons. The van der Waals surface area contributed by atoms with Crippen LogP contribution in [0, 0.1) is 11.8 Å². The highest BCUT2D eigenvalue weighted by Gasteiger charge is 2.42. The Morgan fingerprint density at radius 3 is 1.53 bits per heavy atom. The second-order valence-corrected chi connectivity index (χ2v) is 12.0. The topological polar surface area (TPSA) is 140 Å². The lowest BCUT2D eigenvalue weighted by Gasteiger charge is -2.36. The fourth-order valence-corrected chi connectivity index (χ4v) is 5.25. The number of likely N-dealkylation sites (N-methyl/N-ethyl adjacent to an activating group) is 3. The molecule has 0 unspecified atom stereocenters. The number of esters is 3. The second-order valence-electron chi connectivity index (χ2n) is 12.0. The number of benzene rings is 1. The molecule has 1 aliphatic heterocycles. The quantitative estimate of drug-likeness (QED) is 0.342. The maximum atomic E-state index is 14.1. The lowest BCUT2D eigenvalue weighted by Crippen LogP contribution is -2.56. The van der Waals surface area contributed by atoms with Gasteiger partial charge in [-0.15, -0.1) is 0 Å². The largest absolute Gasteiger partial charge is 0.451 e. The summed E-state index contributed by atoms with van der Waals surface area (Å²) in [5, 5.41) is 0. The molecule has 1 aliphatic rings. The SMILES string of the molecule is CC[C@@H](C)[C@H]1C(=O)O[C@H](Cc2ccccc2)C(=O)N(C)[C@@H]([C@H](C)CC)C(=O)O[C@H](C)C(=O)N(C)[C@@H](C)C(=O)O[C@H](C)C(=O)N1C. The molecular weight excluding hydrogens is 582 g/mol. The van der Waals surface area contributed by atoms with Gasteiger partial charge in [0.15, 0.2) is 18.3 Å². The number of hydrogen-bond donors (Lipinski definition) is 0. The smallest absolute Gasteiger partial charge is 0.329 e. The van der Waals surface area contributed by atoms with Gasteiger partial charge in [0, 0.05) is 27.6 Å². The summed E-state index contributed by atoms with van der Waals surface area (Å²) in [6, 6.07) is 5.62. The van der Waals surface area contributed by atoms with E-state index in [1.54, 1.807) is 38.1 Å². The van der Waals surface area contributed by atoms with Gasteiger partial charge in [-0.2, -0.15) is 0 Å². The summed E-state index contributed by atoms with van der Waals surface area (Å²) in [6.45, 7) is 11.4. The predicted octanol–water partition coefficient (Wildman–Crippen LogP) is 2.61. The molecule has 3 amide bonds. The van der Waals surface area contributed by atoms with Crippen LogP contribution in [0.1, 0.15) is 66.9 Å². The van der Waals surface area contributed by atoms with E-state index in [4.69, 9.17) is 14.2 Å². The Morgan fingerprint density at radius 2 is 1.04 bits per heavy atom. The Bertz CT molecular complexity index is 1220. The third-order valence-corrected chi connectivity index (χ3v) is 8.73. The monoisotopic (exact) mass is 631 g/mol. The highest BCUT2D eigenvalue weighted by Crippen LogP contribution is 2.23. The van der Waals surface area contributed by atoms with Gasteiger partial charge < -0.3 is 28.9 Å². The van der Waals surface area contributed by atoms with E-state index in [1.807, 2.05) is 19.9 Å². The number of amides is 3. The van der Waals surface area contributed by atoms with Crippen LogP contribution >= 0.6 is 0 Å². The molecule has 1 aromatic rings. The van der Waals surface area contributed by atoms with Gasteiger partial charge in [0.25, 0.3) is 17.7 Å². The summed E-state index contributed by atoms with van der Waals surface area (Å²) < 4.78 is 16.9. The molecule has 8 atom stereocenters. The van der Waals surface area contributed by atoms with Crippen LogP contribution in [0.4, 0.5) is 0 Å². The summed E-state index contributed by atoms with van der Waals surface area (Å²) in [4.78, 5) is 84.7. The Balaban J connectivity index is 2.68. The Morgan fingerprint density at radius 1 is 0.622 bits per heavy atom. The average molecular weight is 632 g/mol. The minimum atomic E-state index is -1.35. The summed E-state index contributed by atoms with van der Waals surface area (Å²) >= 11 is 0. The molecule has 12 nitrogen and oxygen atoms in total. The van der Waals surface area contributed by atoms with Crippen LogP contribution in [0.5, 0.6) is 0 Å². The number of cyclic esters (lactones) is 3. The number of ether oxygens (including phenoxy) is 3. The minimum Gasteiger partial charge on any atom is -0.451 e. The second kappa shape index (κ2) is 16.4. The van der Waals surface area contributed by atoms with Gasteiger partial charge in [-0.05, 0) is 38.2 Å². The first-order valence-corrected chi connectivity index (χ1v) is 15.5. The number of carbonyl (C=O) groups is 6. The molecule has 0 N–H and O–H groups in total. The molecule has 0 aromatic heterocycles. The number of rotatable bonds is 6. The molecule has 2 rings (SSSR count). The van der Waals surface area contributed by atoms with Gasteiger partial charge in [0.05, 0.1) is 0 Å². The van der Waals surface area contributed by atoms with Crippen molar-refractivity contribution in [1.82, 2.24) is 14.7 Å². The predicted molar refractivity (Wildman–Crippen MR) is 165 cm³/mol. The number of nitrogens with zero attached hydrogens (tertiary/aromatic N) is 3. The van der Waals surface area contributed by atoms with Crippen LogP contribution in [0.2, 0.25) is 0 Å². The van der Waals surface area contributed by atoms with Gasteiger partial charge in [-0.25, -0.2) is 14.4 Å².